The summed E-state index contributed by atoms with van der Waals surface area (Å²) in [6, 6.07) is 10.6. The summed E-state index contributed by atoms with van der Waals surface area (Å²) in [5.41, 5.74) is -0.216. The number of carboxylic acid groups (broad SMARTS) is 1. The van der Waals surface area contributed by atoms with E-state index in [9.17, 15) is 36.6 Å². The van der Waals surface area contributed by atoms with Gasteiger partial charge in [0.05, 0.1) is 17.8 Å². The Balaban J connectivity index is 1.65. The number of likely N-dealkylation sites (tertiary alicyclic amines) is 1. The number of halogens is 5. The zero-order valence-corrected chi connectivity index (χ0v) is 23.2. The summed E-state index contributed by atoms with van der Waals surface area (Å²) >= 11 is 0. The van der Waals surface area contributed by atoms with Gasteiger partial charge in [-0.1, -0.05) is 17.7 Å². The number of hydrogen-bond donors (Lipinski definition) is 1. The number of aromatic carboxylic acids is 1. The van der Waals surface area contributed by atoms with Gasteiger partial charge in [0.2, 0.25) is 5.88 Å². The number of hydrogen-bond acceptors (Lipinski definition) is 5. The number of carbonyl (C=O) groups is 2. The Labute approximate surface area is 239 Å². The molecule has 1 saturated heterocycles. The van der Waals surface area contributed by atoms with Gasteiger partial charge in [-0.2, -0.15) is 13.2 Å². The number of aryl methyl sites for hydroxylation is 1. The van der Waals surface area contributed by atoms with Crippen molar-refractivity contribution in [2.45, 2.75) is 58.3 Å². The van der Waals surface area contributed by atoms with E-state index in [1.807, 2.05) is 6.92 Å². The fourth-order valence-corrected chi connectivity index (χ4v) is 4.84. The van der Waals surface area contributed by atoms with Gasteiger partial charge in [-0.15, -0.1) is 0 Å². The number of rotatable bonds is 8. The number of carbonyl (C=O) groups excluding carboxylic acids is 1. The predicted octanol–water partition coefficient (Wildman–Crippen LogP) is 7.19. The molecule has 0 bridgehead atoms. The molecule has 0 aliphatic carbocycles. The first kappa shape index (κ1) is 30.9. The average molecular weight is 592 g/mol. The minimum atomic E-state index is -4.89. The highest BCUT2D eigenvalue weighted by atomic mass is 19.4. The van der Waals surface area contributed by atoms with Gasteiger partial charge >= 0.3 is 12.1 Å². The van der Waals surface area contributed by atoms with E-state index in [2.05, 4.69) is 4.98 Å². The van der Waals surface area contributed by atoms with Crippen LogP contribution in [0.25, 0.3) is 0 Å². The molecule has 0 unspecified atom stereocenters. The SMILES string of the molecule is Cc1ccc(C(=O)N(c2ccc(Oc3ncc(CN4CCCC(F)(F)C4)cc3C(F)(F)F)cc2C(=O)O)C(C)C)cc1. The molecular formula is C30H30F5N3O4. The van der Waals surface area contributed by atoms with E-state index in [1.165, 1.54) is 21.9 Å². The molecule has 7 nitrogen and oxygen atoms in total. The zero-order chi connectivity index (χ0) is 30.8. The Morgan fingerprint density at radius 3 is 2.40 bits per heavy atom. The van der Waals surface area contributed by atoms with E-state index in [4.69, 9.17) is 4.74 Å². The molecule has 12 heteroatoms. The number of aromatic nitrogens is 1. The van der Waals surface area contributed by atoms with Crippen molar-refractivity contribution in [2.24, 2.45) is 0 Å². The molecule has 4 rings (SSSR count). The second kappa shape index (κ2) is 12.0. The van der Waals surface area contributed by atoms with Crippen LogP contribution in [0.5, 0.6) is 11.6 Å². The fraction of sp³-hybridized carbons (Fsp3) is 0.367. The van der Waals surface area contributed by atoms with Crippen LogP contribution in [-0.2, 0) is 12.7 Å². The first-order valence-corrected chi connectivity index (χ1v) is 13.3. The van der Waals surface area contributed by atoms with Crippen LogP contribution >= 0.6 is 0 Å². The van der Waals surface area contributed by atoms with Gasteiger partial charge < -0.3 is 14.7 Å². The molecular weight excluding hydrogens is 561 g/mol. The number of benzene rings is 2. The number of piperidine rings is 1. The highest BCUT2D eigenvalue weighted by molar-refractivity contribution is 6.09. The van der Waals surface area contributed by atoms with Crippen LogP contribution in [0.15, 0.2) is 54.7 Å². The van der Waals surface area contributed by atoms with Crippen LogP contribution in [0.4, 0.5) is 27.6 Å². The zero-order valence-electron chi connectivity index (χ0n) is 23.2. The van der Waals surface area contributed by atoms with Crippen molar-refractivity contribution in [1.29, 1.82) is 0 Å². The minimum absolute atomic E-state index is 0.0353. The van der Waals surface area contributed by atoms with Crippen molar-refractivity contribution in [3.8, 4) is 11.6 Å². The molecule has 1 aromatic heterocycles. The van der Waals surface area contributed by atoms with Crippen LogP contribution in [0, 0.1) is 6.92 Å². The lowest BCUT2D eigenvalue weighted by atomic mass is 10.1. The normalized spacial score (nSPS) is 15.5. The maximum absolute atomic E-state index is 14.0. The van der Waals surface area contributed by atoms with E-state index < -0.39 is 48.0 Å². The molecule has 0 spiro atoms. The van der Waals surface area contributed by atoms with Crippen molar-refractivity contribution in [2.75, 3.05) is 18.0 Å². The molecule has 1 amide bonds. The summed E-state index contributed by atoms with van der Waals surface area (Å²) in [5.74, 6) is -5.86. The highest BCUT2D eigenvalue weighted by Crippen LogP contribution is 2.39. The Morgan fingerprint density at radius 2 is 1.81 bits per heavy atom. The summed E-state index contributed by atoms with van der Waals surface area (Å²) in [4.78, 5) is 32.0. The topological polar surface area (TPSA) is 83.0 Å². The highest BCUT2D eigenvalue weighted by Gasteiger charge is 2.38. The first-order chi connectivity index (χ1) is 19.6. The Bertz CT molecular complexity index is 1460. The van der Waals surface area contributed by atoms with Gasteiger partial charge in [-0.05, 0) is 75.7 Å². The van der Waals surface area contributed by atoms with Crippen molar-refractivity contribution in [3.63, 3.8) is 0 Å². The van der Waals surface area contributed by atoms with Crippen molar-refractivity contribution in [3.05, 3.63) is 82.5 Å². The molecule has 1 fully saturated rings. The number of ether oxygens (including phenoxy) is 1. The monoisotopic (exact) mass is 591 g/mol. The average Bonchev–Trinajstić information content (AvgIpc) is 2.89. The number of anilines is 1. The Hall–Kier alpha value is -4.06. The molecule has 42 heavy (non-hydrogen) atoms. The van der Waals surface area contributed by atoms with Crippen molar-refractivity contribution in [1.82, 2.24) is 9.88 Å². The molecule has 3 aromatic rings. The molecule has 0 atom stereocenters. The molecule has 0 radical (unpaired) electrons. The molecule has 0 saturated carbocycles. The van der Waals surface area contributed by atoms with Gasteiger partial charge in [0, 0.05) is 30.8 Å². The van der Waals surface area contributed by atoms with E-state index in [0.29, 0.717) is 12.1 Å². The summed E-state index contributed by atoms with van der Waals surface area (Å²) in [6.07, 6.45) is -3.83. The summed E-state index contributed by atoms with van der Waals surface area (Å²) in [6.45, 7) is 4.88. The van der Waals surface area contributed by atoms with E-state index in [0.717, 1.165) is 23.9 Å². The smallest absolute Gasteiger partial charge is 0.421 e. The quantitative estimate of drug-likeness (QED) is 0.280. The number of amides is 1. The summed E-state index contributed by atoms with van der Waals surface area (Å²) < 4.78 is 74.9. The van der Waals surface area contributed by atoms with Gasteiger partial charge in [-0.25, -0.2) is 18.6 Å². The largest absolute Gasteiger partial charge is 0.478 e. The minimum Gasteiger partial charge on any atom is -0.478 e. The van der Waals surface area contributed by atoms with E-state index >= 15 is 0 Å². The van der Waals surface area contributed by atoms with Crippen LogP contribution < -0.4 is 9.64 Å². The Morgan fingerprint density at radius 1 is 1.12 bits per heavy atom. The Kier molecular flexibility index (Phi) is 8.86. The van der Waals surface area contributed by atoms with Gasteiger partial charge in [0.15, 0.2) is 0 Å². The lowest BCUT2D eigenvalue weighted by Crippen LogP contribution is -2.42. The van der Waals surface area contributed by atoms with Crippen molar-refractivity contribution >= 4 is 17.6 Å². The summed E-state index contributed by atoms with van der Waals surface area (Å²) in [5, 5.41) is 9.94. The molecule has 224 valence electrons. The lowest BCUT2D eigenvalue weighted by Gasteiger charge is -2.32. The van der Waals surface area contributed by atoms with Crippen LogP contribution in [0.3, 0.4) is 0 Å². The maximum Gasteiger partial charge on any atom is 0.421 e. The molecule has 2 aromatic carbocycles. The number of alkyl halides is 5. The number of carboxylic acids is 1. The standard InChI is InChI=1S/C30H30F5N3O4/c1-18(2)38(27(39)21-7-5-19(3)6-8-21)25-10-9-22(14-23(25)28(40)41)42-26-24(30(33,34)35)13-20(15-36-26)16-37-12-4-11-29(31,32)17-37/h5-10,13-15,18H,4,11-12,16-17H2,1-3H3,(H,40,41). The summed E-state index contributed by atoms with van der Waals surface area (Å²) in [7, 11) is 0. The van der Waals surface area contributed by atoms with Gasteiger partial charge in [0.25, 0.3) is 11.8 Å². The predicted molar refractivity (Wildman–Crippen MR) is 145 cm³/mol. The molecule has 1 aliphatic heterocycles. The van der Waals surface area contributed by atoms with Crippen LogP contribution in [0.2, 0.25) is 0 Å². The van der Waals surface area contributed by atoms with Crippen LogP contribution in [-0.4, -0.2) is 51.9 Å². The van der Waals surface area contributed by atoms with Gasteiger partial charge in [-0.3, -0.25) is 9.69 Å². The van der Waals surface area contributed by atoms with Crippen molar-refractivity contribution < 1.29 is 41.4 Å². The third-order valence-corrected chi connectivity index (χ3v) is 6.80. The first-order valence-electron chi connectivity index (χ1n) is 13.3. The molecule has 2 heterocycles. The van der Waals surface area contributed by atoms with E-state index in [-0.39, 0.29) is 42.0 Å². The number of pyridine rings is 1. The fourth-order valence-electron chi connectivity index (χ4n) is 4.84. The second-order valence-electron chi connectivity index (χ2n) is 10.6. The number of nitrogens with zero attached hydrogens (tertiary/aromatic N) is 3. The molecule has 1 aliphatic rings. The second-order valence-corrected chi connectivity index (χ2v) is 10.6. The lowest BCUT2D eigenvalue weighted by molar-refractivity contribution is -0.139. The maximum atomic E-state index is 14.0. The molecule has 1 N–H and O–H groups in total. The third kappa shape index (κ3) is 7.22. The third-order valence-electron chi connectivity index (χ3n) is 6.80. The van der Waals surface area contributed by atoms with Gasteiger partial charge in [0.1, 0.15) is 11.3 Å². The van der Waals surface area contributed by atoms with E-state index in [1.54, 1.807) is 38.1 Å². The van der Waals surface area contributed by atoms with Crippen LogP contribution in [0.1, 0.15) is 64.1 Å².